The van der Waals surface area contributed by atoms with Crippen molar-refractivity contribution >= 4 is 11.6 Å². The first-order chi connectivity index (χ1) is 10.0. The smallest absolute Gasteiger partial charge is 0.123 e. The van der Waals surface area contributed by atoms with Crippen LogP contribution in [0.4, 0.5) is 4.39 Å². The van der Waals surface area contributed by atoms with E-state index in [4.69, 9.17) is 11.6 Å². The van der Waals surface area contributed by atoms with Crippen molar-refractivity contribution in [2.45, 2.75) is 32.2 Å². The summed E-state index contributed by atoms with van der Waals surface area (Å²) in [7, 11) is 0. The van der Waals surface area contributed by atoms with Crippen molar-refractivity contribution in [3.8, 4) is 0 Å². The lowest BCUT2D eigenvalue weighted by molar-refractivity contribution is 0.526. The molecule has 1 N–H and O–H groups in total. The maximum atomic E-state index is 13.0. The molecule has 1 nitrogen and oxygen atoms in total. The van der Waals surface area contributed by atoms with Gasteiger partial charge in [-0.15, -0.1) is 0 Å². The fraction of sp³-hybridized carbons (Fsp3) is 0.333. The molecule has 2 aromatic carbocycles. The van der Waals surface area contributed by atoms with E-state index >= 15 is 0 Å². The predicted molar refractivity (Wildman–Crippen MR) is 87.4 cm³/mol. The zero-order valence-electron chi connectivity index (χ0n) is 12.4. The van der Waals surface area contributed by atoms with Gasteiger partial charge in [-0.05, 0) is 41.8 Å². The van der Waals surface area contributed by atoms with Gasteiger partial charge in [0.1, 0.15) is 5.82 Å². The molecular formula is C18H21ClFN. The molecule has 0 radical (unpaired) electrons. The van der Waals surface area contributed by atoms with Gasteiger partial charge >= 0.3 is 0 Å². The third-order valence-corrected chi connectivity index (χ3v) is 3.76. The van der Waals surface area contributed by atoms with Crippen LogP contribution in [-0.4, -0.2) is 12.6 Å². The van der Waals surface area contributed by atoms with E-state index in [1.807, 2.05) is 24.3 Å². The monoisotopic (exact) mass is 305 g/mol. The summed E-state index contributed by atoms with van der Waals surface area (Å²) in [5.74, 6) is 0.150. The van der Waals surface area contributed by atoms with E-state index in [0.717, 1.165) is 23.6 Å². The molecule has 0 aliphatic carbocycles. The molecule has 0 spiro atoms. The maximum Gasteiger partial charge on any atom is 0.123 e. The molecule has 0 saturated carbocycles. The molecule has 112 valence electrons. The summed E-state index contributed by atoms with van der Waals surface area (Å²) in [5.41, 5.74) is 2.39. The summed E-state index contributed by atoms with van der Waals surface area (Å²) in [6.07, 6.45) is 0.877. The van der Waals surface area contributed by atoms with Crippen molar-refractivity contribution in [2.24, 2.45) is 0 Å². The van der Waals surface area contributed by atoms with Gasteiger partial charge in [-0.25, -0.2) is 4.39 Å². The van der Waals surface area contributed by atoms with Crippen LogP contribution in [0.3, 0.4) is 0 Å². The van der Waals surface area contributed by atoms with Gasteiger partial charge < -0.3 is 5.32 Å². The molecule has 21 heavy (non-hydrogen) atoms. The van der Waals surface area contributed by atoms with E-state index in [9.17, 15) is 4.39 Å². The van der Waals surface area contributed by atoms with Gasteiger partial charge in [0, 0.05) is 23.5 Å². The van der Waals surface area contributed by atoms with E-state index in [0.29, 0.717) is 12.0 Å². The Kier molecular flexibility index (Phi) is 5.77. The maximum absolute atomic E-state index is 13.0. The van der Waals surface area contributed by atoms with Crippen molar-refractivity contribution < 1.29 is 4.39 Å². The highest BCUT2D eigenvalue weighted by atomic mass is 35.5. The minimum atomic E-state index is -0.193. The summed E-state index contributed by atoms with van der Waals surface area (Å²) in [4.78, 5) is 0. The Morgan fingerprint density at radius 2 is 1.62 bits per heavy atom. The van der Waals surface area contributed by atoms with Gasteiger partial charge in [-0.1, -0.05) is 49.7 Å². The average molecular weight is 306 g/mol. The standard InChI is InChI=1S/C18H21ClFN/c1-13(2)21-12-16(15-5-7-17(19)8-6-15)11-14-3-9-18(20)10-4-14/h3-10,13,16,21H,11-12H2,1-2H3. The highest BCUT2D eigenvalue weighted by molar-refractivity contribution is 6.30. The van der Waals surface area contributed by atoms with Crippen LogP contribution in [0.1, 0.15) is 30.9 Å². The lowest BCUT2D eigenvalue weighted by Gasteiger charge is -2.20. The van der Waals surface area contributed by atoms with Gasteiger partial charge in [0.05, 0.1) is 0 Å². The molecule has 0 heterocycles. The Balaban J connectivity index is 2.14. The number of halogens is 2. The molecule has 0 aliphatic heterocycles. The zero-order valence-corrected chi connectivity index (χ0v) is 13.2. The average Bonchev–Trinajstić information content (AvgIpc) is 2.46. The van der Waals surface area contributed by atoms with Crippen LogP contribution in [0.25, 0.3) is 0 Å². The van der Waals surface area contributed by atoms with Crippen LogP contribution >= 0.6 is 11.6 Å². The number of hydrogen-bond acceptors (Lipinski definition) is 1. The SMILES string of the molecule is CC(C)NCC(Cc1ccc(F)cc1)c1ccc(Cl)cc1. The van der Waals surface area contributed by atoms with Gasteiger partial charge in [0.2, 0.25) is 0 Å². The zero-order chi connectivity index (χ0) is 15.2. The highest BCUT2D eigenvalue weighted by Crippen LogP contribution is 2.22. The molecular weight excluding hydrogens is 285 g/mol. The second kappa shape index (κ2) is 7.58. The second-order valence-corrected chi connectivity index (χ2v) is 6.08. The summed E-state index contributed by atoms with van der Waals surface area (Å²) in [6, 6.07) is 15.2. The summed E-state index contributed by atoms with van der Waals surface area (Å²) < 4.78 is 13.0. The third-order valence-electron chi connectivity index (χ3n) is 3.51. The van der Waals surface area contributed by atoms with E-state index < -0.39 is 0 Å². The minimum Gasteiger partial charge on any atom is -0.314 e. The minimum absolute atomic E-state index is 0.193. The Bertz CT molecular complexity index is 548. The Morgan fingerprint density at radius 1 is 1.00 bits per heavy atom. The topological polar surface area (TPSA) is 12.0 Å². The van der Waals surface area contributed by atoms with Crippen LogP contribution in [0, 0.1) is 5.82 Å². The molecule has 0 aliphatic rings. The fourth-order valence-electron chi connectivity index (χ4n) is 2.33. The number of benzene rings is 2. The second-order valence-electron chi connectivity index (χ2n) is 5.64. The van der Waals surface area contributed by atoms with Crippen molar-refractivity contribution in [3.63, 3.8) is 0 Å². The molecule has 0 amide bonds. The molecule has 1 unspecified atom stereocenters. The Hall–Kier alpha value is -1.38. The van der Waals surface area contributed by atoms with Gasteiger partial charge in [-0.3, -0.25) is 0 Å². The van der Waals surface area contributed by atoms with E-state index in [1.54, 1.807) is 0 Å². The van der Waals surface area contributed by atoms with Crippen molar-refractivity contribution in [3.05, 3.63) is 70.5 Å². The molecule has 1 atom stereocenters. The normalized spacial score (nSPS) is 12.6. The lowest BCUT2D eigenvalue weighted by Crippen LogP contribution is -2.28. The largest absolute Gasteiger partial charge is 0.314 e. The first-order valence-corrected chi connectivity index (χ1v) is 7.65. The summed E-state index contributed by atoms with van der Waals surface area (Å²) in [5, 5.41) is 4.23. The molecule has 2 rings (SSSR count). The van der Waals surface area contributed by atoms with E-state index in [1.165, 1.54) is 17.7 Å². The van der Waals surface area contributed by atoms with Crippen molar-refractivity contribution in [2.75, 3.05) is 6.54 Å². The molecule has 3 heteroatoms. The molecule has 2 aromatic rings. The van der Waals surface area contributed by atoms with Crippen LogP contribution in [0.5, 0.6) is 0 Å². The third kappa shape index (κ3) is 5.14. The quantitative estimate of drug-likeness (QED) is 0.808. The van der Waals surface area contributed by atoms with Crippen LogP contribution in [0.2, 0.25) is 5.02 Å². The number of nitrogens with one attached hydrogen (secondary N) is 1. The van der Waals surface area contributed by atoms with Gasteiger partial charge in [0.25, 0.3) is 0 Å². The van der Waals surface area contributed by atoms with Gasteiger partial charge in [-0.2, -0.15) is 0 Å². The van der Waals surface area contributed by atoms with Crippen molar-refractivity contribution in [1.82, 2.24) is 5.32 Å². The molecule has 0 aromatic heterocycles. The molecule has 0 saturated heterocycles. The van der Waals surface area contributed by atoms with E-state index in [2.05, 4.69) is 31.3 Å². The summed E-state index contributed by atoms with van der Waals surface area (Å²) in [6.45, 7) is 5.16. The van der Waals surface area contributed by atoms with Crippen LogP contribution < -0.4 is 5.32 Å². The lowest BCUT2D eigenvalue weighted by atomic mass is 9.91. The Morgan fingerprint density at radius 3 is 2.19 bits per heavy atom. The summed E-state index contributed by atoms with van der Waals surface area (Å²) >= 11 is 5.96. The van der Waals surface area contributed by atoms with E-state index in [-0.39, 0.29) is 5.82 Å². The molecule has 0 fully saturated rings. The highest BCUT2D eigenvalue weighted by Gasteiger charge is 2.13. The van der Waals surface area contributed by atoms with Crippen molar-refractivity contribution in [1.29, 1.82) is 0 Å². The molecule has 0 bridgehead atoms. The Labute approximate surface area is 131 Å². The van der Waals surface area contributed by atoms with Gasteiger partial charge in [0.15, 0.2) is 0 Å². The fourth-order valence-corrected chi connectivity index (χ4v) is 2.45. The van der Waals surface area contributed by atoms with Crippen LogP contribution in [-0.2, 0) is 6.42 Å². The van der Waals surface area contributed by atoms with Crippen LogP contribution in [0.15, 0.2) is 48.5 Å². The predicted octanol–water partition coefficient (Wildman–Crippen LogP) is 4.80. The number of rotatable bonds is 6. The first kappa shape index (κ1) is 16.0. The number of hydrogen-bond donors (Lipinski definition) is 1. The first-order valence-electron chi connectivity index (χ1n) is 7.28.